The van der Waals surface area contributed by atoms with Gasteiger partial charge in [-0.3, -0.25) is 4.31 Å². The van der Waals surface area contributed by atoms with Gasteiger partial charge in [-0.2, -0.15) is 0 Å². The molecule has 1 aliphatic heterocycles. The molecule has 30 heavy (non-hydrogen) atoms. The SMILES string of the molecule is Cc1cc(C)cc(N(CC(C)C)S(=O)(=O)c2ccc(OCC3CNCCO3)cc2)c1. The lowest BCUT2D eigenvalue weighted by Crippen LogP contribution is -2.41. The maximum atomic E-state index is 13.5. The molecule has 0 amide bonds. The number of rotatable bonds is 8. The van der Waals surface area contributed by atoms with Gasteiger partial charge in [-0.25, -0.2) is 8.42 Å². The Morgan fingerprint density at radius 3 is 2.37 bits per heavy atom. The Kier molecular flexibility index (Phi) is 7.39. The average molecular weight is 433 g/mol. The van der Waals surface area contributed by atoms with Crippen molar-refractivity contribution in [2.24, 2.45) is 5.92 Å². The number of ether oxygens (including phenoxy) is 2. The Balaban J connectivity index is 1.80. The molecular formula is C23H32N2O4S. The third-order valence-electron chi connectivity index (χ3n) is 4.88. The van der Waals surface area contributed by atoms with E-state index in [1.54, 1.807) is 24.3 Å². The molecule has 1 unspecified atom stereocenters. The monoisotopic (exact) mass is 432 g/mol. The van der Waals surface area contributed by atoms with Gasteiger partial charge < -0.3 is 14.8 Å². The summed E-state index contributed by atoms with van der Waals surface area (Å²) >= 11 is 0. The highest BCUT2D eigenvalue weighted by Crippen LogP contribution is 2.28. The van der Waals surface area contributed by atoms with Crippen molar-refractivity contribution in [3.05, 3.63) is 53.6 Å². The second kappa shape index (κ2) is 9.81. The van der Waals surface area contributed by atoms with Crippen LogP contribution < -0.4 is 14.4 Å². The van der Waals surface area contributed by atoms with Crippen LogP contribution in [-0.4, -0.2) is 47.4 Å². The molecule has 6 nitrogen and oxygen atoms in total. The molecule has 1 saturated heterocycles. The summed E-state index contributed by atoms with van der Waals surface area (Å²) in [4.78, 5) is 0.255. The van der Waals surface area contributed by atoms with Crippen molar-refractivity contribution in [2.45, 2.75) is 38.7 Å². The molecule has 1 heterocycles. The van der Waals surface area contributed by atoms with E-state index >= 15 is 0 Å². The standard InChI is InChI=1S/C23H32N2O4S/c1-17(2)15-25(20-12-18(3)11-19(4)13-20)30(26,27)23-7-5-21(6-8-23)29-16-22-14-24-9-10-28-22/h5-8,11-13,17,22,24H,9-10,14-16H2,1-4H3. The van der Waals surface area contributed by atoms with Crippen LogP contribution in [0, 0.1) is 19.8 Å². The van der Waals surface area contributed by atoms with Crippen molar-refractivity contribution < 1.29 is 17.9 Å². The first kappa shape index (κ1) is 22.6. The minimum atomic E-state index is -3.69. The van der Waals surface area contributed by atoms with E-state index in [-0.39, 0.29) is 16.9 Å². The van der Waals surface area contributed by atoms with Crippen LogP contribution in [0.1, 0.15) is 25.0 Å². The minimum absolute atomic E-state index is 0.00764. The summed E-state index contributed by atoms with van der Waals surface area (Å²) in [6, 6.07) is 12.5. The van der Waals surface area contributed by atoms with Crippen LogP contribution in [0.4, 0.5) is 5.69 Å². The average Bonchev–Trinajstić information content (AvgIpc) is 2.70. The van der Waals surface area contributed by atoms with Crippen LogP contribution in [-0.2, 0) is 14.8 Å². The number of nitrogens with zero attached hydrogens (tertiary/aromatic N) is 1. The van der Waals surface area contributed by atoms with Gasteiger partial charge in [0.1, 0.15) is 18.5 Å². The fraction of sp³-hybridized carbons (Fsp3) is 0.478. The zero-order valence-electron chi connectivity index (χ0n) is 18.2. The quantitative estimate of drug-likeness (QED) is 0.691. The van der Waals surface area contributed by atoms with Crippen LogP contribution >= 0.6 is 0 Å². The van der Waals surface area contributed by atoms with Crippen molar-refractivity contribution in [1.29, 1.82) is 0 Å². The molecule has 0 spiro atoms. The van der Waals surface area contributed by atoms with Gasteiger partial charge in [0.05, 0.1) is 17.2 Å². The number of nitrogens with one attached hydrogen (secondary N) is 1. The van der Waals surface area contributed by atoms with E-state index in [4.69, 9.17) is 9.47 Å². The van der Waals surface area contributed by atoms with Gasteiger partial charge in [0.25, 0.3) is 10.0 Å². The molecule has 0 radical (unpaired) electrons. The van der Waals surface area contributed by atoms with Gasteiger partial charge >= 0.3 is 0 Å². The molecule has 0 saturated carbocycles. The Morgan fingerprint density at radius 2 is 1.80 bits per heavy atom. The maximum absolute atomic E-state index is 13.5. The lowest BCUT2D eigenvalue weighted by Gasteiger charge is -2.27. The lowest BCUT2D eigenvalue weighted by atomic mass is 10.1. The predicted molar refractivity (Wildman–Crippen MR) is 120 cm³/mol. The maximum Gasteiger partial charge on any atom is 0.264 e. The van der Waals surface area contributed by atoms with Gasteiger partial charge in [0.15, 0.2) is 0 Å². The molecule has 1 fully saturated rings. The number of aryl methyl sites for hydroxylation is 2. The summed E-state index contributed by atoms with van der Waals surface area (Å²) in [6.07, 6.45) is 0.00764. The van der Waals surface area contributed by atoms with Crippen LogP contribution in [0.5, 0.6) is 5.75 Å². The van der Waals surface area contributed by atoms with E-state index in [0.717, 1.165) is 24.2 Å². The Morgan fingerprint density at radius 1 is 1.13 bits per heavy atom. The Labute approximate surface area is 180 Å². The topological polar surface area (TPSA) is 67.9 Å². The summed E-state index contributed by atoms with van der Waals surface area (Å²) < 4.78 is 39.8. The zero-order chi connectivity index (χ0) is 21.7. The molecule has 2 aromatic carbocycles. The van der Waals surface area contributed by atoms with Gasteiger partial charge in [0, 0.05) is 19.6 Å². The van der Waals surface area contributed by atoms with Crippen LogP contribution in [0.15, 0.2) is 47.4 Å². The molecule has 7 heteroatoms. The molecule has 1 atom stereocenters. The van der Waals surface area contributed by atoms with E-state index in [9.17, 15) is 8.42 Å². The fourth-order valence-corrected chi connectivity index (χ4v) is 5.13. The predicted octanol–water partition coefficient (Wildman–Crippen LogP) is 3.52. The van der Waals surface area contributed by atoms with Gasteiger partial charge in [0.2, 0.25) is 0 Å². The van der Waals surface area contributed by atoms with E-state index in [0.29, 0.717) is 31.2 Å². The highest BCUT2D eigenvalue weighted by molar-refractivity contribution is 7.92. The van der Waals surface area contributed by atoms with Crippen LogP contribution in [0.2, 0.25) is 0 Å². The fourth-order valence-electron chi connectivity index (χ4n) is 3.52. The van der Waals surface area contributed by atoms with E-state index in [2.05, 4.69) is 5.32 Å². The van der Waals surface area contributed by atoms with E-state index in [1.165, 1.54) is 4.31 Å². The van der Waals surface area contributed by atoms with Gasteiger partial charge in [-0.15, -0.1) is 0 Å². The first-order valence-corrected chi connectivity index (χ1v) is 11.9. The normalized spacial score (nSPS) is 17.2. The summed E-state index contributed by atoms with van der Waals surface area (Å²) in [5.74, 6) is 0.817. The highest BCUT2D eigenvalue weighted by atomic mass is 32.2. The Bertz CT molecular complexity index is 916. The number of sulfonamides is 1. The summed E-state index contributed by atoms with van der Waals surface area (Å²) in [5, 5.41) is 3.26. The van der Waals surface area contributed by atoms with E-state index < -0.39 is 10.0 Å². The number of anilines is 1. The number of hydrogen-bond donors (Lipinski definition) is 1. The number of benzene rings is 2. The van der Waals surface area contributed by atoms with Gasteiger partial charge in [-0.05, 0) is 67.3 Å². The third-order valence-corrected chi connectivity index (χ3v) is 6.69. The van der Waals surface area contributed by atoms with Crippen molar-refractivity contribution in [2.75, 3.05) is 37.2 Å². The van der Waals surface area contributed by atoms with Crippen molar-refractivity contribution in [3.63, 3.8) is 0 Å². The molecule has 3 rings (SSSR count). The number of hydrogen-bond acceptors (Lipinski definition) is 5. The first-order chi connectivity index (χ1) is 14.3. The molecule has 0 aliphatic carbocycles. The molecule has 1 aliphatic rings. The zero-order valence-corrected chi connectivity index (χ0v) is 19.0. The molecule has 2 aromatic rings. The summed E-state index contributed by atoms with van der Waals surface area (Å²) in [6.45, 7) is 11.1. The molecule has 0 bridgehead atoms. The molecular weight excluding hydrogens is 400 g/mol. The highest BCUT2D eigenvalue weighted by Gasteiger charge is 2.26. The summed E-state index contributed by atoms with van der Waals surface area (Å²) in [7, 11) is -3.69. The second-order valence-corrected chi connectivity index (χ2v) is 10.1. The Hall–Kier alpha value is -2.09. The summed E-state index contributed by atoms with van der Waals surface area (Å²) in [5.41, 5.74) is 2.78. The van der Waals surface area contributed by atoms with Gasteiger partial charge in [-0.1, -0.05) is 19.9 Å². The van der Waals surface area contributed by atoms with Crippen molar-refractivity contribution >= 4 is 15.7 Å². The minimum Gasteiger partial charge on any atom is -0.491 e. The van der Waals surface area contributed by atoms with Crippen molar-refractivity contribution in [3.8, 4) is 5.75 Å². The van der Waals surface area contributed by atoms with Crippen LogP contribution in [0.3, 0.4) is 0 Å². The van der Waals surface area contributed by atoms with Crippen molar-refractivity contribution in [1.82, 2.24) is 5.32 Å². The first-order valence-electron chi connectivity index (χ1n) is 10.4. The lowest BCUT2D eigenvalue weighted by molar-refractivity contribution is 0.000185. The largest absolute Gasteiger partial charge is 0.491 e. The van der Waals surface area contributed by atoms with Crippen LogP contribution in [0.25, 0.3) is 0 Å². The smallest absolute Gasteiger partial charge is 0.264 e. The van der Waals surface area contributed by atoms with E-state index in [1.807, 2.05) is 45.9 Å². The molecule has 1 N–H and O–H groups in total. The molecule has 0 aromatic heterocycles. The number of morpholine rings is 1. The molecule has 164 valence electrons. The third kappa shape index (κ3) is 5.74. The second-order valence-electron chi connectivity index (χ2n) is 8.26.